The van der Waals surface area contributed by atoms with Crippen molar-refractivity contribution >= 4 is 16.6 Å². The zero-order valence-electron chi connectivity index (χ0n) is 31.2. The van der Waals surface area contributed by atoms with E-state index in [1.165, 1.54) is 0 Å². The fourth-order valence-electron chi connectivity index (χ4n) is 6.64. The standard InChI is InChI=1S/C35H70O6Si2/c1-24(23-36-42(14,15)31(4,5)6)30-25(2)28(38-33(10,11)40-30)22-27-18-20-35(13,37-27)29-19-21-34(12,39-29)26(3)41-43(16,17)32(7,8)9/h24-30H,18-23H2,1-17H3/t24-,25+,26-,27+,28+,29-,30-,34+,35+/m1/s1. The van der Waals surface area contributed by atoms with Gasteiger partial charge in [0, 0.05) is 24.9 Å². The fourth-order valence-corrected chi connectivity index (χ4v) is 9.23. The maximum absolute atomic E-state index is 6.91. The molecule has 6 nitrogen and oxygen atoms in total. The monoisotopic (exact) mass is 642 g/mol. The molecule has 0 bridgehead atoms. The van der Waals surface area contributed by atoms with E-state index < -0.39 is 22.4 Å². The minimum Gasteiger partial charge on any atom is -0.416 e. The summed E-state index contributed by atoms with van der Waals surface area (Å²) in [6.45, 7) is 39.2. The van der Waals surface area contributed by atoms with Crippen LogP contribution in [0.3, 0.4) is 0 Å². The molecule has 9 atom stereocenters. The predicted molar refractivity (Wildman–Crippen MR) is 183 cm³/mol. The van der Waals surface area contributed by atoms with E-state index >= 15 is 0 Å². The Labute approximate surface area is 268 Å². The van der Waals surface area contributed by atoms with Crippen LogP contribution in [0, 0.1) is 11.8 Å². The molecule has 3 heterocycles. The smallest absolute Gasteiger partial charge is 0.192 e. The summed E-state index contributed by atoms with van der Waals surface area (Å²) in [7, 11) is -3.72. The normalized spacial score (nSPS) is 37.5. The molecular weight excluding hydrogens is 573 g/mol. The summed E-state index contributed by atoms with van der Waals surface area (Å²) in [5.74, 6) is -0.100. The first kappa shape index (κ1) is 37.6. The third-order valence-corrected chi connectivity index (χ3v) is 21.1. The van der Waals surface area contributed by atoms with Gasteiger partial charge in [-0.3, -0.25) is 0 Å². The van der Waals surface area contributed by atoms with Crippen molar-refractivity contribution in [2.75, 3.05) is 6.61 Å². The highest BCUT2D eigenvalue weighted by molar-refractivity contribution is 6.74. The molecule has 0 spiro atoms. The van der Waals surface area contributed by atoms with Gasteiger partial charge in [0.25, 0.3) is 0 Å². The highest BCUT2D eigenvalue weighted by atomic mass is 28.4. The van der Waals surface area contributed by atoms with Crippen LogP contribution in [-0.2, 0) is 27.8 Å². The second-order valence-corrected chi connectivity index (χ2v) is 27.9. The Kier molecular flexibility index (Phi) is 11.1. The summed E-state index contributed by atoms with van der Waals surface area (Å²) in [4.78, 5) is 0. The molecule has 8 heteroatoms. The van der Waals surface area contributed by atoms with Crippen LogP contribution in [0.5, 0.6) is 0 Å². The molecule has 0 amide bonds. The Morgan fingerprint density at radius 2 is 1.37 bits per heavy atom. The lowest BCUT2D eigenvalue weighted by Crippen LogP contribution is -2.54. The first-order valence-corrected chi connectivity index (χ1v) is 23.1. The van der Waals surface area contributed by atoms with E-state index in [1.54, 1.807) is 0 Å². The Hall–Kier alpha value is 0.194. The number of rotatable bonds is 10. The van der Waals surface area contributed by atoms with Crippen LogP contribution in [0.15, 0.2) is 0 Å². The first-order valence-electron chi connectivity index (χ1n) is 17.2. The van der Waals surface area contributed by atoms with E-state index in [0.717, 1.165) is 38.7 Å². The van der Waals surface area contributed by atoms with Gasteiger partial charge in [-0.1, -0.05) is 55.4 Å². The van der Waals surface area contributed by atoms with Gasteiger partial charge in [0.05, 0.1) is 41.7 Å². The van der Waals surface area contributed by atoms with E-state index in [9.17, 15) is 0 Å². The number of ether oxygens (including phenoxy) is 4. The van der Waals surface area contributed by atoms with Gasteiger partial charge in [-0.25, -0.2) is 0 Å². The molecule has 0 N–H and O–H groups in total. The van der Waals surface area contributed by atoms with Crippen LogP contribution in [0.2, 0.25) is 36.3 Å². The van der Waals surface area contributed by atoms with Crippen LogP contribution in [0.4, 0.5) is 0 Å². The van der Waals surface area contributed by atoms with Gasteiger partial charge in [0.15, 0.2) is 22.4 Å². The number of hydrogen-bond acceptors (Lipinski definition) is 6. The molecular formula is C35H70O6Si2. The summed E-state index contributed by atoms with van der Waals surface area (Å²) < 4.78 is 40.4. The molecule has 3 fully saturated rings. The minimum absolute atomic E-state index is 0.0532. The molecule has 0 radical (unpaired) electrons. The van der Waals surface area contributed by atoms with E-state index in [2.05, 4.69) is 116 Å². The van der Waals surface area contributed by atoms with Crippen molar-refractivity contribution in [3.63, 3.8) is 0 Å². The Morgan fingerprint density at radius 3 is 1.93 bits per heavy atom. The van der Waals surface area contributed by atoms with E-state index in [0.29, 0.717) is 0 Å². The fraction of sp³-hybridized carbons (Fsp3) is 1.00. The maximum atomic E-state index is 6.91. The van der Waals surface area contributed by atoms with Crippen LogP contribution < -0.4 is 0 Å². The minimum atomic E-state index is -1.89. The molecule has 0 aromatic carbocycles. The molecule has 0 aromatic rings. The van der Waals surface area contributed by atoms with E-state index in [4.69, 9.17) is 27.8 Å². The highest BCUT2D eigenvalue weighted by Gasteiger charge is 2.54. The number of hydrogen-bond donors (Lipinski definition) is 0. The van der Waals surface area contributed by atoms with Gasteiger partial charge < -0.3 is 27.8 Å². The molecule has 0 saturated carbocycles. The maximum Gasteiger partial charge on any atom is 0.192 e. The lowest BCUT2D eigenvalue weighted by Gasteiger charge is -2.48. The highest BCUT2D eigenvalue weighted by Crippen LogP contribution is 2.48. The first-order chi connectivity index (χ1) is 19.2. The summed E-state index contributed by atoms with van der Waals surface area (Å²) in [5.41, 5.74) is -0.574. The third kappa shape index (κ3) is 8.57. The average molecular weight is 643 g/mol. The molecule has 0 aliphatic carbocycles. The summed E-state index contributed by atoms with van der Waals surface area (Å²) in [6.07, 6.45) is 5.37. The van der Waals surface area contributed by atoms with Gasteiger partial charge in [-0.2, -0.15) is 0 Å². The largest absolute Gasteiger partial charge is 0.416 e. The van der Waals surface area contributed by atoms with Gasteiger partial charge in [0.2, 0.25) is 0 Å². The Morgan fingerprint density at radius 1 is 0.791 bits per heavy atom. The van der Waals surface area contributed by atoms with Crippen molar-refractivity contribution in [2.24, 2.45) is 11.8 Å². The van der Waals surface area contributed by atoms with Crippen LogP contribution in [0.1, 0.15) is 122 Å². The topological polar surface area (TPSA) is 55.4 Å². The van der Waals surface area contributed by atoms with Crippen molar-refractivity contribution in [3.8, 4) is 0 Å². The van der Waals surface area contributed by atoms with Crippen molar-refractivity contribution in [2.45, 2.75) is 206 Å². The van der Waals surface area contributed by atoms with Gasteiger partial charge in [-0.05, 0) is 96.6 Å². The second-order valence-electron chi connectivity index (χ2n) is 18.4. The molecule has 3 rings (SSSR count). The van der Waals surface area contributed by atoms with Crippen molar-refractivity contribution in [1.82, 2.24) is 0 Å². The Bertz CT molecular complexity index is 940. The van der Waals surface area contributed by atoms with E-state index in [1.807, 2.05) is 0 Å². The lowest BCUT2D eigenvalue weighted by atomic mass is 9.85. The van der Waals surface area contributed by atoms with Crippen LogP contribution in [-0.4, -0.2) is 70.8 Å². The average Bonchev–Trinajstić information content (AvgIpc) is 3.42. The lowest BCUT2D eigenvalue weighted by molar-refractivity contribution is -0.331. The van der Waals surface area contributed by atoms with Gasteiger partial charge >= 0.3 is 0 Å². The summed E-state index contributed by atoms with van der Waals surface area (Å²) in [5, 5.41) is 0.370. The quantitative estimate of drug-likeness (QED) is 0.221. The van der Waals surface area contributed by atoms with Crippen LogP contribution >= 0.6 is 0 Å². The third-order valence-electron chi connectivity index (χ3n) is 12.1. The zero-order valence-corrected chi connectivity index (χ0v) is 33.2. The molecule has 0 aromatic heterocycles. The molecule has 3 saturated heterocycles. The van der Waals surface area contributed by atoms with Crippen molar-refractivity contribution in [3.05, 3.63) is 0 Å². The SMILES string of the molecule is C[C@@H]1[C@@H]([C@H](C)CO[Si](C)(C)C(C)(C)C)OC(C)(C)O[C@H]1C[C@@H]1CC[C@@](C)([C@H]2CC[C@@](C)([C@@H](C)O[Si](C)(C)C(C)(C)C)O2)O1. The zero-order chi connectivity index (χ0) is 33.0. The predicted octanol–water partition coefficient (Wildman–Crippen LogP) is 9.48. The summed E-state index contributed by atoms with van der Waals surface area (Å²) >= 11 is 0. The molecule has 254 valence electrons. The summed E-state index contributed by atoms with van der Waals surface area (Å²) in [6, 6.07) is 0. The molecule has 3 aliphatic heterocycles. The van der Waals surface area contributed by atoms with Gasteiger partial charge in [-0.15, -0.1) is 0 Å². The van der Waals surface area contributed by atoms with E-state index in [-0.39, 0.29) is 63.6 Å². The second kappa shape index (κ2) is 12.7. The Balaban J connectivity index is 1.62. The van der Waals surface area contributed by atoms with Crippen molar-refractivity contribution in [1.29, 1.82) is 0 Å². The molecule has 0 unspecified atom stereocenters. The molecule has 43 heavy (non-hydrogen) atoms. The van der Waals surface area contributed by atoms with Gasteiger partial charge in [0.1, 0.15) is 0 Å². The molecule has 3 aliphatic rings. The van der Waals surface area contributed by atoms with Crippen molar-refractivity contribution < 1.29 is 27.8 Å². The van der Waals surface area contributed by atoms with Crippen LogP contribution in [0.25, 0.3) is 0 Å².